The van der Waals surface area contributed by atoms with E-state index in [0.29, 0.717) is 32.6 Å². The maximum Gasteiger partial charge on any atom is 0.236 e. The van der Waals surface area contributed by atoms with Crippen LogP contribution in [0.4, 0.5) is 0 Å². The highest BCUT2D eigenvalue weighted by Gasteiger charge is 2.27. The lowest BCUT2D eigenvalue weighted by molar-refractivity contribution is -0.131. The molecule has 0 N–H and O–H groups in total. The minimum Gasteiger partial charge on any atom is -0.340 e. The van der Waals surface area contributed by atoms with Gasteiger partial charge in [-0.15, -0.1) is 0 Å². The molecule has 1 fully saturated rings. The van der Waals surface area contributed by atoms with Crippen molar-refractivity contribution in [2.24, 2.45) is 0 Å². The Morgan fingerprint density at radius 1 is 0.833 bits per heavy atom. The third-order valence-electron chi connectivity index (χ3n) is 5.35. The van der Waals surface area contributed by atoms with Crippen LogP contribution in [-0.2, 0) is 21.2 Å². The largest absolute Gasteiger partial charge is 0.340 e. The Morgan fingerprint density at radius 3 is 2.23 bits per heavy atom. The maximum absolute atomic E-state index is 12.7. The van der Waals surface area contributed by atoms with Crippen LogP contribution in [-0.4, -0.2) is 49.7 Å². The van der Waals surface area contributed by atoms with Gasteiger partial charge in [0.2, 0.25) is 15.9 Å². The van der Waals surface area contributed by atoms with Gasteiger partial charge in [0.25, 0.3) is 0 Å². The minimum atomic E-state index is -3.50. The van der Waals surface area contributed by atoms with Gasteiger partial charge in [-0.3, -0.25) is 4.79 Å². The SMILES string of the molecule is O=C(Cc1ccc2ccccc2c1)N1CCN(S(=O)(=O)/C=C/c2ccccc2)CC1. The zero-order valence-corrected chi connectivity index (χ0v) is 17.5. The zero-order valence-electron chi connectivity index (χ0n) is 16.6. The van der Waals surface area contributed by atoms with Crippen molar-refractivity contribution in [3.05, 3.63) is 89.3 Å². The van der Waals surface area contributed by atoms with E-state index in [-0.39, 0.29) is 5.91 Å². The second-order valence-electron chi connectivity index (χ2n) is 7.40. The highest BCUT2D eigenvalue weighted by molar-refractivity contribution is 7.92. The Balaban J connectivity index is 1.35. The fraction of sp³-hybridized carbons (Fsp3) is 0.208. The van der Waals surface area contributed by atoms with Crippen LogP contribution in [0.15, 0.2) is 78.2 Å². The van der Waals surface area contributed by atoms with Gasteiger partial charge in [-0.1, -0.05) is 72.8 Å². The maximum atomic E-state index is 12.7. The second-order valence-corrected chi connectivity index (χ2v) is 9.21. The van der Waals surface area contributed by atoms with Gasteiger partial charge in [-0.2, -0.15) is 4.31 Å². The summed E-state index contributed by atoms with van der Waals surface area (Å²) < 4.78 is 26.6. The molecule has 4 rings (SSSR count). The van der Waals surface area contributed by atoms with Crippen LogP contribution >= 0.6 is 0 Å². The monoisotopic (exact) mass is 420 g/mol. The zero-order chi connectivity index (χ0) is 21.0. The molecule has 1 saturated heterocycles. The molecule has 30 heavy (non-hydrogen) atoms. The molecular formula is C24H24N2O3S. The van der Waals surface area contributed by atoms with Crippen molar-refractivity contribution in [1.82, 2.24) is 9.21 Å². The summed E-state index contributed by atoms with van der Waals surface area (Å²) in [7, 11) is -3.50. The Bertz CT molecular complexity index is 1170. The number of carbonyl (C=O) groups excluding carboxylic acids is 1. The number of piperazine rings is 1. The second kappa shape index (κ2) is 8.81. The third-order valence-corrected chi connectivity index (χ3v) is 6.92. The summed E-state index contributed by atoms with van der Waals surface area (Å²) in [6, 6.07) is 23.5. The fourth-order valence-corrected chi connectivity index (χ4v) is 4.82. The molecule has 0 saturated carbocycles. The van der Waals surface area contributed by atoms with Gasteiger partial charge in [0.1, 0.15) is 0 Å². The molecule has 0 aromatic heterocycles. The molecule has 0 spiro atoms. The van der Waals surface area contributed by atoms with E-state index in [1.807, 2.05) is 72.8 Å². The van der Waals surface area contributed by atoms with Gasteiger partial charge in [0, 0.05) is 31.6 Å². The number of nitrogens with zero attached hydrogens (tertiary/aromatic N) is 2. The lowest BCUT2D eigenvalue weighted by Crippen LogP contribution is -2.50. The number of hydrogen-bond donors (Lipinski definition) is 0. The summed E-state index contributed by atoms with van der Waals surface area (Å²) in [5.41, 5.74) is 1.81. The van der Waals surface area contributed by atoms with Crippen molar-refractivity contribution < 1.29 is 13.2 Å². The van der Waals surface area contributed by atoms with Crippen molar-refractivity contribution >= 4 is 32.8 Å². The van der Waals surface area contributed by atoms with Crippen LogP contribution in [0.5, 0.6) is 0 Å². The molecule has 3 aromatic carbocycles. The van der Waals surface area contributed by atoms with Crippen LogP contribution in [0.3, 0.4) is 0 Å². The number of amides is 1. The Labute approximate surface area is 177 Å². The molecule has 154 valence electrons. The van der Waals surface area contributed by atoms with Gasteiger partial charge in [0.05, 0.1) is 6.42 Å². The van der Waals surface area contributed by atoms with E-state index in [2.05, 4.69) is 0 Å². The predicted molar refractivity (Wildman–Crippen MR) is 120 cm³/mol. The number of hydrogen-bond acceptors (Lipinski definition) is 3. The first-order valence-corrected chi connectivity index (χ1v) is 11.5. The molecule has 0 aliphatic carbocycles. The lowest BCUT2D eigenvalue weighted by Gasteiger charge is -2.33. The van der Waals surface area contributed by atoms with Crippen molar-refractivity contribution in [3.63, 3.8) is 0 Å². The Hall–Kier alpha value is -2.96. The van der Waals surface area contributed by atoms with Crippen molar-refractivity contribution in [2.75, 3.05) is 26.2 Å². The smallest absolute Gasteiger partial charge is 0.236 e. The predicted octanol–water partition coefficient (Wildman–Crippen LogP) is 3.53. The molecule has 1 aliphatic heterocycles. The van der Waals surface area contributed by atoms with Crippen molar-refractivity contribution in [1.29, 1.82) is 0 Å². The summed E-state index contributed by atoms with van der Waals surface area (Å²) in [4.78, 5) is 14.5. The third kappa shape index (κ3) is 4.78. The van der Waals surface area contributed by atoms with Crippen LogP contribution < -0.4 is 0 Å². The first kappa shape index (κ1) is 20.3. The average Bonchev–Trinajstić information content (AvgIpc) is 2.78. The fourth-order valence-electron chi connectivity index (χ4n) is 3.64. The van der Waals surface area contributed by atoms with Gasteiger partial charge >= 0.3 is 0 Å². The number of fused-ring (bicyclic) bond motifs is 1. The molecule has 1 heterocycles. The number of benzene rings is 3. The van der Waals surface area contributed by atoms with Crippen molar-refractivity contribution in [2.45, 2.75) is 6.42 Å². The van der Waals surface area contributed by atoms with E-state index in [1.54, 1.807) is 11.0 Å². The van der Waals surface area contributed by atoms with Crippen LogP contribution in [0.2, 0.25) is 0 Å². The summed E-state index contributed by atoms with van der Waals surface area (Å²) >= 11 is 0. The summed E-state index contributed by atoms with van der Waals surface area (Å²) in [5, 5.41) is 3.51. The first-order valence-electron chi connectivity index (χ1n) is 10.00. The van der Waals surface area contributed by atoms with Gasteiger partial charge in [-0.05, 0) is 28.0 Å². The minimum absolute atomic E-state index is 0.0298. The standard InChI is InChI=1S/C24H24N2O3S/c27-24(19-21-10-11-22-8-4-5-9-23(22)18-21)25-13-15-26(16-14-25)30(28,29)17-12-20-6-2-1-3-7-20/h1-12,17-18H,13-16,19H2/b17-12+. The summed E-state index contributed by atoms with van der Waals surface area (Å²) in [5.74, 6) is 0.0298. The average molecular weight is 421 g/mol. The molecule has 0 atom stereocenters. The van der Waals surface area contributed by atoms with E-state index >= 15 is 0 Å². The van der Waals surface area contributed by atoms with E-state index in [9.17, 15) is 13.2 Å². The summed E-state index contributed by atoms with van der Waals surface area (Å²) in [6.07, 6.45) is 1.93. The molecule has 0 bridgehead atoms. The number of rotatable bonds is 5. The quantitative estimate of drug-likeness (QED) is 0.635. The van der Waals surface area contributed by atoms with E-state index in [0.717, 1.165) is 21.9 Å². The molecule has 0 unspecified atom stereocenters. The first-order chi connectivity index (χ1) is 14.5. The Morgan fingerprint density at radius 2 is 1.50 bits per heavy atom. The Kier molecular flexibility index (Phi) is 5.97. The van der Waals surface area contributed by atoms with Crippen molar-refractivity contribution in [3.8, 4) is 0 Å². The van der Waals surface area contributed by atoms with E-state index < -0.39 is 10.0 Å². The molecule has 1 aliphatic rings. The highest BCUT2D eigenvalue weighted by Crippen LogP contribution is 2.17. The highest BCUT2D eigenvalue weighted by atomic mass is 32.2. The van der Waals surface area contributed by atoms with Gasteiger partial charge in [0.15, 0.2) is 0 Å². The van der Waals surface area contributed by atoms with Gasteiger partial charge in [-0.25, -0.2) is 8.42 Å². The lowest BCUT2D eigenvalue weighted by atomic mass is 10.0. The molecule has 3 aromatic rings. The van der Waals surface area contributed by atoms with E-state index in [4.69, 9.17) is 0 Å². The molecule has 6 heteroatoms. The molecule has 0 radical (unpaired) electrons. The normalized spacial score (nSPS) is 15.7. The molecule has 5 nitrogen and oxygen atoms in total. The van der Waals surface area contributed by atoms with Gasteiger partial charge < -0.3 is 4.90 Å². The molecule has 1 amide bonds. The number of carbonyl (C=O) groups is 1. The summed E-state index contributed by atoms with van der Waals surface area (Å²) in [6.45, 7) is 1.44. The van der Waals surface area contributed by atoms with E-state index in [1.165, 1.54) is 9.71 Å². The topological polar surface area (TPSA) is 57.7 Å². The van der Waals surface area contributed by atoms with Crippen LogP contribution in [0.1, 0.15) is 11.1 Å². The molecular weight excluding hydrogens is 396 g/mol. The van der Waals surface area contributed by atoms with Crippen LogP contribution in [0, 0.1) is 0 Å². The number of sulfonamides is 1. The van der Waals surface area contributed by atoms with Crippen LogP contribution in [0.25, 0.3) is 16.8 Å².